The van der Waals surface area contributed by atoms with E-state index in [0.29, 0.717) is 5.56 Å². The van der Waals surface area contributed by atoms with Crippen LogP contribution in [-0.2, 0) is 14.8 Å². The Balaban J connectivity index is 1.78. The summed E-state index contributed by atoms with van der Waals surface area (Å²) in [6, 6.07) is 9.02. The number of hydrogen-bond acceptors (Lipinski definition) is 4. The van der Waals surface area contributed by atoms with Crippen LogP contribution >= 0.6 is 23.2 Å². The average molecular weight is 446 g/mol. The molecule has 1 fully saturated rings. The van der Waals surface area contributed by atoms with E-state index in [1.165, 1.54) is 46.8 Å². The minimum atomic E-state index is -3.83. The number of amides is 1. The predicted octanol–water partition coefficient (Wildman–Crippen LogP) is 2.67. The van der Waals surface area contributed by atoms with E-state index in [0.717, 1.165) is 0 Å². The molecule has 0 saturated carbocycles. The molecule has 1 aliphatic rings. The number of rotatable bonds is 5. The van der Waals surface area contributed by atoms with Gasteiger partial charge < -0.3 is 5.73 Å². The lowest BCUT2D eigenvalue weighted by Crippen LogP contribution is -2.51. The Morgan fingerprint density at radius 2 is 1.64 bits per heavy atom. The highest BCUT2D eigenvalue weighted by molar-refractivity contribution is 7.89. The van der Waals surface area contributed by atoms with E-state index < -0.39 is 27.8 Å². The summed E-state index contributed by atoms with van der Waals surface area (Å²) in [5.41, 5.74) is 6.11. The molecule has 2 aromatic rings. The molecule has 2 N–H and O–H groups in total. The van der Waals surface area contributed by atoms with Crippen LogP contribution < -0.4 is 5.73 Å². The van der Waals surface area contributed by atoms with Gasteiger partial charge in [-0.05, 0) is 35.9 Å². The van der Waals surface area contributed by atoms with Crippen LogP contribution in [0.15, 0.2) is 47.4 Å². The first-order valence-corrected chi connectivity index (χ1v) is 10.6. The second-order valence-corrected chi connectivity index (χ2v) is 9.12. The zero-order valence-electron chi connectivity index (χ0n) is 14.7. The van der Waals surface area contributed by atoms with E-state index in [1.54, 1.807) is 4.90 Å². The number of nitrogens with two attached hydrogens (primary N) is 1. The molecule has 2 aromatic carbocycles. The highest BCUT2D eigenvalue weighted by atomic mass is 35.5. The van der Waals surface area contributed by atoms with E-state index >= 15 is 0 Å². The summed E-state index contributed by atoms with van der Waals surface area (Å²) in [6.45, 7) is 0.858. The van der Waals surface area contributed by atoms with Crippen molar-refractivity contribution >= 4 is 39.1 Å². The molecule has 0 aromatic heterocycles. The van der Waals surface area contributed by atoms with Gasteiger partial charge in [0.1, 0.15) is 16.8 Å². The first-order valence-electron chi connectivity index (χ1n) is 8.44. The molecular formula is C18H18Cl2FN3O3S. The fraction of sp³-hybridized carbons (Fsp3) is 0.278. The van der Waals surface area contributed by atoms with Crippen LogP contribution in [0.25, 0.3) is 0 Å². The molecule has 10 heteroatoms. The van der Waals surface area contributed by atoms with Crippen LogP contribution in [0, 0.1) is 5.82 Å². The molecule has 1 unspecified atom stereocenters. The van der Waals surface area contributed by atoms with Crippen molar-refractivity contribution in [2.45, 2.75) is 10.9 Å². The maximum Gasteiger partial charge on any atom is 0.244 e. The lowest BCUT2D eigenvalue weighted by atomic mass is 10.0. The van der Waals surface area contributed by atoms with Crippen LogP contribution in [-0.4, -0.2) is 49.7 Å². The normalized spacial score (nSPS) is 17.4. The van der Waals surface area contributed by atoms with Crippen LogP contribution in [0.4, 0.5) is 4.39 Å². The largest absolute Gasteiger partial charge is 0.368 e. The van der Waals surface area contributed by atoms with Crippen molar-refractivity contribution in [2.75, 3.05) is 26.2 Å². The average Bonchev–Trinajstić information content (AvgIpc) is 2.65. The van der Waals surface area contributed by atoms with Crippen LogP contribution in [0.5, 0.6) is 0 Å². The SMILES string of the molecule is NC(=O)C(c1ccc(F)cc1)N1CCN(S(=O)(=O)c2cc(Cl)ccc2Cl)CC1. The van der Waals surface area contributed by atoms with Gasteiger partial charge in [0.05, 0.1) is 5.02 Å². The minimum Gasteiger partial charge on any atom is -0.368 e. The number of carbonyl (C=O) groups is 1. The first-order chi connectivity index (χ1) is 13.2. The highest BCUT2D eigenvalue weighted by Crippen LogP contribution is 2.29. The number of carbonyl (C=O) groups excluding carboxylic acids is 1. The zero-order valence-corrected chi connectivity index (χ0v) is 17.0. The fourth-order valence-electron chi connectivity index (χ4n) is 3.22. The van der Waals surface area contributed by atoms with Crippen molar-refractivity contribution < 1.29 is 17.6 Å². The first kappa shape index (κ1) is 21.0. The van der Waals surface area contributed by atoms with Gasteiger partial charge in [-0.25, -0.2) is 12.8 Å². The Labute approximate surface area is 172 Å². The lowest BCUT2D eigenvalue weighted by Gasteiger charge is -2.37. The quantitative estimate of drug-likeness (QED) is 0.766. The molecule has 150 valence electrons. The van der Waals surface area contributed by atoms with Crippen molar-refractivity contribution in [3.63, 3.8) is 0 Å². The van der Waals surface area contributed by atoms with Gasteiger partial charge in [0, 0.05) is 31.2 Å². The maximum absolute atomic E-state index is 13.2. The molecule has 0 radical (unpaired) electrons. The molecule has 1 amide bonds. The topological polar surface area (TPSA) is 83.7 Å². The second kappa shape index (κ2) is 8.34. The number of primary amides is 1. The van der Waals surface area contributed by atoms with Gasteiger partial charge >= 0.3 is 0 Å². The van der Waals surface area contributed by atoms with Crippen molar-refractivity contribution in [1.82, 2.24) is 9.21 Å². The molecule has 1 atom stereocenters. The summed E-state index contributed by atoms with van der Waals surface area (Å²) in [4.78, 5) is 13.7. The Bertz CT molecular complexity index is 978. The van der Waals surface area contributed by atoms with Crippen molar-refractivity contribution in [1.29, 1.82) is 0 Å². The number of piperazine rings is 1. The predicted molar refractivity (Wildman–Crippen MR) is 105 cm³/mol. The van der Waals surface area contributed by atoms with Gasteiger partial charge in [0.2, 0.25) is 15.9 Å². The smallest absolute Gasteiger partial charge is 0.244 e. The molecule has 0 aliphatic carbocycles. The molecular weight excluding hydrogens is 428 g/mol. The highest BCUT2D eigenvalue weighted by Gasteiger charge is 2.34. The third-order valence-electron chi connectivity index (χ3n) is 4.60. The number of halogens is 3. The van der Waals surface area contributed by atoms with Gasteiger partial charge in [-0.1, -0.05) is 35.3 Å². The summed E-state index contributed by atoms with van der Waals surface area (Å²) < 4.78 is 40.3. The Kier molecular flexibility index (Phi) is 6.26. The van der Waals surface area contributed by atoms with E-state index in [1.807, 2.05) is 0 Å². The van der Waals surface area contributed by atoms with Gasteiger partial charge in [0.25, 0.3) is 0 Å². The van der Waals surface area contributed by atoms with E-state index in [-0.39, 0.29) is 41.1 Å². The number of hydrogen-bond donors (Lipinski definition) is 1. The summed E-state index contributed by atoms with van der Waals surface area (Å²) in [7, 11) is -3.83. The third-order valence-corrected chi connectivity index (χ3v) is 7.22. The summed E-state index contributed by atoms with van der Waals surface area (Å²) in [5, 5.41) is 0.361. The van der Waals surface area contributed by atoms with Gasteiger partial charge in [-0.3, -0.25) is 9.69 Å². The molecule has 1 aliphatic heterocycles. The Morgan fingerprint density at radius 1 is 1.04 bits per heavy atom. The Hall–Kier alpha value is -1.71. The molecule has 3 rings (SSSR count). The lowest BCUT2D eigenvalue weighted by molar-refractivity contribution is -0.124. The molecule has 28 heavy (non-hydrogen) atoms. The van der Waals surface area contributed by atoms with E-state index in [4.69, 9.17) is 28.9 Å². The Morgan fingerprint density at radius 3 is 2.21 bits per heavy atom. The van der Waals surface area contributed by atoms with Gasteiger partial charge in [-0.2, -0.15) is 4.31 Å². The van der Waals surface area contributed by atoms with Gasteiger partial charge in [0.15, 0.2) is 0 Å². The fourth-order valence-corrected chi connectivity index (χ4v) is 5.38. The molecule has 1 saturated heterocycles. The zero-order chi connectivity index (χ0) is 20.5. The van der Waals surface area contributed by atoms with Crippen molar-refractivity contribution in [2.24, 2.45) is 5.73 Å². The molecule has 0 bridgehead atoms. The monoisotopic (exact) mass is 445 g/mol. The maximum atomic E-state index is 13.2. The summed E-state index contributed by atoms with van der Waals surface area (Å²) >= 11 is 12.0. The molecule has 6 nitrogen and oxygen atoms in total. The number of benzene rings is 2. The summed E-state index contributed by atoms with van der Waals surface area (Å²) in [6.07, 6.45) is 0. The number of nitrogens with zero attached hydrogens (tertiary/aromatic N) is 2. The molecule has 1 heterocycles. The van der Waals surface area contributed by atoms with Crippen molar-refractivity contribution in [3.8, 4) is 0 Å². The van der Waals surface area contributed by atoms with E-state index in [2.05, 4.69) is 0 Å². The third kappa shape index (κ3) is 4.31. The van der Waals surface area contributed by atoms with E-state index in [9.17, 15) is 17.6 Å². The molecule has 0 spiro atoms. The van der Waals surface area contributed by atoms with Gasteiger partial charge in [-0.15, -0.1) is 0 Å². The van der Waals surface area contributed by atoms with Crippen molar-refractivity contribution in [3.05, 3.63) is 63.9 Å². The van der Waals surface area contributed by atoms with Crippen LogP contribution in [0.3, 0.4) is 0 Å². The summed E-state index contributed by atoms with van der Waals surface area (Å²) in [5.74, 6) is -0.998. The van der Waals surface area contributed by atoms with Crippen LogP contribution in [0.2, 0.25) is 10.0 Å². The second-order valence-electron chi connectivity index (χ2n) is 6.37. The van der Waals surface area contributed by atoms with Crippen LogP contribution in [0.1, 0.15) is 11.6 Å². The standard InChI is InChI=1S/C18H18Cl2FN3O3S/c19-13-3-6-15(20)16(11-13)28(26,27)24-9-7-23(8-10-24)17(18(22)25)12-1-4-14(21)5-2-12/h1-6,11,17H,7-10H2,(H2,22,25). The number of sulfonamides is 1. The minimum absolute atomic E-state index is 0.0555.